The lowest BCUT2D eigenvalue weighted by Crippen LogP contribution is -2.37. The summed E-state index contributed by atoms with van der Waals surface area (Å²) in [6, 6.07) is 3.64. The summed E-state index contributed by atoms with van der Waals surface area (Å²) in [5.74, 6) is -1.44. The molecule has 1 aliphatic heterocycles. The Balaban J connectivity index is 2.29. The molecule has 21 heavy (non-hydrogen) atoms. The molecule has 1 saturated heterocycles. The first-order chi connectivity index (χ1) is 9.91. The lowest BCUT2D eigenvalue weighted by Gasteiger charge is -2.24. The quantitative estimate of drug-likeness (QED) is 0.488. The summed E-state index contributed by atoms with van der Waals surface area (Å²) >= 11 is 0. The molecule has 1 atom stereocenters. The van der Waals surface area contributed by atoms with Crippen molar-refractivity contribution in [2.45, 2.75) is 25.3 Å². The minimum Gasteiger partial charge on any atom is -0.481 e. The number of rotatable bonds is 4. The van der Waals surface area contributed by atoms with Crippen molar-refractivity contribution >= 4 is 23.3 Å². The summed E-state index contributed by atoms with van der Waals surface area (Å²) in [6.07, 6.45) is 1.17. The van der Waals surface area contributed by atoms with Crippen LogP contribution in [-0.2, 0) is 4.79 Å². The van der Waals surface area contributed by atoms with Crippen LogP contribution in [0.15, 0.2) is 18.2 Å². The SMILES string of the molecule is Nc1c(C(=O)N2CCCC2CC(=O)O)cccc1[N+](=O)[O-]. The van der Waals surface area contributed by atoms with Crippen molar-refractivity contribution in [3.05, 3.63) is 33.9 Å². The molecule has 1 aliphatic rings. The zero-order valence-corrected chi connectivity index (χ0v) is 11.2. The number of hydrogen-bond acceptors (Lipinski definition) is 5. The second-order valence-electron chi connectivity index (χ2n) is 4.89. The number of carbonyl (C=O) groups excluding carboxylic acids is 1. The Labute approximate surface area is 120 Å². The fourth-order valence-electron chi connectivity index (χ4n) is 2.57. The number of carboxylic acid groups (broad SMARTS) is 1. The highest BCUT2D eigenvalue weighted by atomic mass is 16.6. The Bertz CT molecular complexity index is 601. The van der Waals surface area contributed by atoms with Crippen molar-refractivity contribution in [2.75, 3.05) is 12.3 Å². The third-order valence-electron chi connectivity index (χ3n) is 3.56. The number of hydrogen-bond donors (Lipinski definition) is 2. The molecule has 0 aliphatic carbocycles. The Hall–Kier alpha value is -2.64. The van der Waals surface area contributed by atoms with Gasteiger partial charge in [-0.1, -0.05) is 6.07 Å². The summed E-state index contributed by atoms with van der Waals surface area (Å²) in [7, 11) is 0. The van der Waals surface area contributed by atoms with Crippen molar-refractivity contribution in [1.29, 1.82) is 0 Å². The van der Waals surface area contributed by atoms with Crippen LogP contribution in [0.25, 0.3) is 0 Å². The number of nitro groups is 1. The van der Waals surface area contributed by atoms with Crippen LogP contribution in [0.1, 0.15) is 29.6 Å². The van der Waals surface area contributed by atoms with Gasteiger partial charge in [0.2, 0.25) is 0 Å². The second-order valence-corrected chi connectivity index (χ2v) is 4.89. The molecule has 8 nitrogen and oxygen atoms in total. The standard InChI is InChI=1S/C13H15N3O5/c14-12-9(4-1-5-10(12)16(20)21)13(19)15-6-2-3-8(15)7-11(17)18/h1,4-5,8H,2-3,6-7,14H2,(H,17,18). The highest BCUT2D eigenvalue weighted by molar-refractivity contribution is 6.01. The number of likely N-dealkylation sites (tertiary alicyclic amines) is 1. The maximum absolute atomic E-state index is 12.5. The summed E-state index contributed by atoms with van der Waals surface area (Å²) in [4.78, 5) is 34.9. The molecule has 3 N–H and O–H groups in total. The third-order valence-corrected chi connectivity index (χ3v) is 3.56. The average Bonchev–Trinajstić information content (AvgIpc) is 2.85. The Morgan fingerprint density at radius 1 is 1.48 bits per heavy atom. The molecule has 1 heterocycles. The maximum atomic E-state index is 12.5. The van der Waals surface area contributed by atoms with E-state index in [2.05, 4.69) is 0 Å². The molecule has 2 rings (SSSR count). The third kappa shape index (κ3) is 2.93. The number of benzene rings is 1. The van der Waals surface area contributed by atoms with Crippen LogP contribution >= 0.6 is 0 Å². The minimum absolute atomic E-state index is 0.0430. The molecule has 1 aromatic carbocycles. The van der Waals surface area contributed by atoms with Crippen molar-refractivity contribution in [1.82, 2.24) is 4.90 Å². The van der Waals surface area contributed by atoms with E-state index in [0.29, 0.717) is 19.4 Å². The first kappa shape index (κ1) is 14.8. The van der Waals surface area contributed by atoms with Crippen molar-refractivity contribution < 1.29 is 19.6 Å². The van der Waals surface area contributed by atoms with Gasteiger partial charge < -0.3 is 15.7 Å². The van der Waals surface area contributed by atoms with Gasteiger partial charge in [0, 0.05) is 18.7 Å². The molecule has 0 spiro atoms. The lowest BCUT2D eigenvalue weighted by atomic mass is 10.1. The van der Waals surface area contributed by atoms with Gasteiger partial charge >= 0.3 is 5.97 Å². The molecular weight excluding hydrogens is 278 g/mol. The highest BCUT2D eigenvalue weighted by Crippen LogP contribution is 2.29. The van der Waals surface area contributed by atoms with E-state index in [0.717, 1.165) is 0 Å². The van der Waals surface area contributed by atoms with Gasteiger partial charge in [0.1, 0.15) is 5.69 Å². The summed E-state index contributed by atoms with van der Waals surface area (Å²) in [6.45, 7) is 0.429. The van der Waals surface area contributed by atoms with E-state index < -0.39 is 22.8 Å². The van der Waals surface area contributed by atoms with Gasteiger partial charge in [-0.2, -0.15) is 0 Å². The van der Waals surface area contributed by atoms with Crippen LogP contribution in [0.2, 0.25) is 0 Å². The van der Waals surface area contributed by atoms with Crippen molar-refractivity contribution in [2.24, 2.45) is 0 Å². The van der Waals surface area contributed by atoms with Crippen LogP contribution in [-0.4, -0.2) is 39.4 Å². The van der Waals surface area contributed by atoms with E-state index in [9.17, 15) is 19.7 Å². The monoisotopic (exact) mass is 293 g/mol. The van der Waals surface area contributed by atoms with Crippen LogP contribution < -0.4 is 5.73 Å². The number of nitro benzene ring substituents is 1. The zero-order valence-electron chi connectivity index (χ0n) is 11.2. The smallest absolute Gasteiger partial charge is 0.305 e. The molecule has 112 valence electrons. The van der Waals surface area contributed by atoms with E-state index in [1.165, 1.54) is 23.1 Å². The normalized spacial score (nSPS) is 17.7. The summed E-state index contributed by atoms with van der Waals surface area (Å²) in [5, 5.41) is 19.7. The highest BCUT2D eigenvalue weighted by Gasteiger charge is 2.32. The topological polar surface area (TPSA) is 127 Å². The number of amides is 1. The first-order valence-corrected chi connectivity index (χ1v) is 6.47. The number of nitrogens with zero attached hydrogens (tertiary/aromatic N) is 2. The van der Waals surface area contributed by atoms with Gasteiger partial charge in [0.15, 0.2) is 0 Å². The molecular formula is C13H15N3O5. The van der Waals surface area contributed by atoms with Crippen molar-refractivity contribution in [3.8, 4) is 0 Å². The van der Waals surface area contributed by atoms with E-state index in [-0.39, 0.29) is 23.4 Å². The Kier molecular flexibility index (Phi) is 4.06. The molecule has 0 radical (unpaired) electrons. The first-order valence-electron chi connectivity index (χ1n) is 6.47. The Morgan fingerprint density at radius 2 is 2.19 bits per heavy atom. The molecule has 0 saturated carbocycles. The van der Waals surface area contributed by atoms with Gasteiger partial charge in [-0.05, 0) is 18.9 Å². The fourth-order valence-corrected chi connectivity index (χ4v) is 2.57. The van der Waals surface area contributed by atoms with Gasteiger partial charge in [0.25, 0.3) is 11.6 Å². The number of nitrogen functional groups attached to an aromatic ring is 1. The van der Waals surface area contributed by atoms with Crippen LogP contribution in [0.5, 0.6) is 0 Å². The number of anilines is 1. The molecule has 0 bridgehead atoms. The molecule has 1 amide bonds. The second kappa shape index (κ2) is 5.78. The molecule has 8 heteroatoms. The van der Waals surface area contributed by atoms with E-state index >= 15 is 0 Å². The van der Waals surface area contributed by atoms with Crippen LogP contribution in [0, 0.1) is 10.1 Å². The average molecular weight is 293 g/mol. The van der Waals surface area contributed by atoms with Gasteiger partial charge in [-0.15, -0.1) is 0 Å². The minimum atomic E-state index is -0.980. The number of para-hydroxylation sites is 1. The van der Waals surface area contributed by atoms with E-state index in [4.69, 9.17) is 10.8 Å². The fraction of sp³-hybridized carbons (Fsp3) is 0.385. The zero-order chi connectivity index (χ0) is 15.6. The van der Waals surface area contributed by atoms with E-state index in [1.807, 2.05) is 0 Å². The lowest BCUT2D eigenvalue weighted by molar-refractivity contribution is -0.383. The predicted octanol–water partition coefficient (Wildman–Crippen LogP) is 1.26. The van der Waals surface area contributed by atoms with Crippen LogP contribution in [0.4, 0.5) is 11.4 Å². The largest absolute Gasteiger partial charge is 0.481 e. The van der Waals surface area contributed by atoms with Crippen LogP contribution in [0.3, 0.4) is 0 Å². The predicted molar refractivity (Wildman–Crippen MR) is 73.8 cm³/mol. The molecule has 0 aromatic heterocycles. The van der Waals surface area contributed by atoms with E-state index in [1.54, 1.807) is 0 Å². The van der Waals surface area contributed by atoms with Gasteiger partial charge in [-0.3, -0.25) is 19.7 Å². The number of carbonyl (C=O) groups is 2. The number of carboxylic acids is 1. The van der Waals surface area contributed by atoms with Gasteiger partial charge in [0.05, 0.1) is 16.9 Å². The summed E-state index contributed by atoms with van der Waals surface area (Å²) < 4.78 is 0. The van der Waals surface area contributed by atoms with Crippen molar-refractivity contribution in [3.63, 3.8) is 0 Å². The summed E-state index contributed by atoms with van der Waals surface area (Å²) in [5.41, 5.74) is 5.23. The molecule has 1 aromatic rings. The maximum Gasteiger partial charge on any atom is 0.305 e. The Morgan fingerprint density at radius 3 is 2.81 bits per heavy atom. The molecule has 1 unspecified atom stereocenters. The molecule has 1 fully saturated rings. The number of aliphatic carboxylic acids is 1. The number of nitrogens with two attached hydrogens (primary N) is 1. The van der Waals surface area contributed by atoms with Gasteiger partial charge in [-0.25, -0.2) is 0 Å².